The maximum absolute atomic E-state index is 12.4. The molecule has 0 saturated carbocycles. The van der Waals surface area contributed by atoms with Gasteiger partial charge in [-0.25, -0.2) is 4.98 Å². The Labute approximate surface area is 184 Å². The van der Waals surface area contributed by atoms with Crippen LogP contribution in [0.3, 0.4) is 0 Å². The summed E-state index contributed by atoms with van der Waals surface area (Å²) in [5.74, 6) is 1.39. The number of hydrogen-bond donors (Lipinski definition) is 2. The molecule has 0 aliphatic rings. The molecule has 0 spiro atoms. The number of thiazole rings is 1. The van der Waals surface area contributed by atoms with Crippen LogP contribution in [0.4, 0.5) is 10.8 Å². The molecule has 3 aromatic rings. The molecule has 156 valence electrons. The van der Waals surface area contributed by atoms with Crippen LogP contribution < -0.4 is 15.4 Å². The lowest BCUT2D eigenvalue weighted by Crippen LogP contribution is -2.14. The molecule has 2 amide bonds. The lowest BCUT2D eigenvalue weighted by atomic mass is 10.1. The number of carbonyl (C=O) groups excluding carboxylic acids is 2. The molecule has 0 saturated heterocycles. The van der Waals surface area contributed by atoms with E-state index in [0.29, 0.717) is 22.2 Å². The fourth-order valence-corrected chi connectivity index (χ4v) is 4.35. The number of methoxy groups -OCH3 is 1. The van der Waals surface area contributed by atoms with E-state index in [9.17, 15) is 9.59 Å². The van der Waals surface area contributed by atoms with E-state index in [0.717, 1.165) is 28.3 Å². The first-order valence-corrected chi connectivity index (χ1v) is 11.3. The van der Waals surface area contributed by atoms with Crippen molar-refractivity contribution in [2.75, 3.05) is 23.5 Å². The maximum Gasteiger partial charge on any atom is 0.257 e. The Bertz CT molecular complexity index is 1010. The molecule has 0 bridgehead atoms. The van der Waals surface area contributed by atoms with Gasteiger partial charge in [-0.05, 0) is 50.2 Å². The predicted octanol–water partition coefficient (Wildman–Crippen LogP) is 4.89. The number of anilines is 2. The average Bonchev–Trinajstić information content (AvgIpc) is 3.15. The van der Waals surface area contributed by atoms with Crippen molar-refractivity contribution in [1.29, 1.82) is 0 Å². The summed E-state index contributed by atoms with van der Waals surface area (Å²) in [4.78, 5) is 29.0. The Morgan fingerprint density at radius 2 is 1.77 bits per heavy atom. The minimum absolute atomic E-state index is 0.0799. The van der Waals surface area contributed by atoms with Crippen molar-refractivity contribution in [3.63, 3.8) is 0 Å². The minimum Gasteiger partial charge on any atom is -0.497 e. The van der Waals surface area contributed by atoms with Gasteiger partial charge in [0.1, 0.15) is 5.75 Å². The molecule has 0 fully saturated rings. The lowest BCUT2D eigenvalue weighted by molar-refractivity contribution is -0.113. The number of nitrogens with one attached hydrogen (secondary N) is 2. The van der Waals surface area contributed by atoms with Gasteiger partial charge in [-0.15, -0.1) is 23.1 Å². The highest BCUT2D eigenvalue weighted by Crippen LogP contribution is 2.21. The van der Waals surface area contributed by atoms with Crippen molar-refractivity contribution >= 4 is 45.7 Å². The number of carbonyl (C=O) groups is 2. The number of thioether (sulfide) groups is 1. The minimum atomic E-state index is -0.172. The molecular formula is C22H23N3O3S2. The summed E-state index contributed by atoms with van der Waals surface area (Å²) >= 11 is 2.85. The van der Waals surface area contributed by atoms with Gasteiger partial charge in [0.15, 0.2) is 5.13 Å². The van der Waals surface area contributed by atoms with Crippen LogP contribution in [0.2, 0.25) is 0 Å². The summed E-state index contributed by atoms with van der Waals surface area (Å²) in [6.45, 7) is 3.93. The predicted molar refractivity (Wildman–Crippen MR) is 124 cm³/mol. The van der Waals surface area contributed by atoms with Crippen LogP contribution in [0.5, 0.6) is 5.75 Å². The Kier molecular flexibility index (Phi) is 7.48. The first-order chi connectivity index (χ1) is 14.4. The molecule has 0 radical (unpaired) electrons. The summed E-state index contributed by atoms with van der Waals surface area (Å²) in [6, 6.07) is 12.9. The molecule has 1 aromatic heterocycles. The third kappa shape index (κ3) is 6.33. The molecule has 30 heavy (non-hydrogen) atoms. The highest BCUT2D eigenvalue weighted by Gasteiger charge is 2.11. The zero-order chi connectivity index (χ0) is 21.5. The number of aryl methyl sites for hydroxylation is 2. The second kappa shape index (κ2) is 10.3. The molecule has 8 heteroatoms. The van der Waals surface area contributed by atoms with Crippen LogP contribution in [0.1, 0.15) is 27.2 Å². The summed E-state index contributed by atoms with van der Waals surface area (Å²) in [7, 11) is 1.60. The number of ether oxygens (including phenoxy) is 1. The maximum atomic E-state index is 12.4. The monoisotopic (exact) mass is 441 g/mol. The molecule has 3 rings (SSSR count). The Morgan fingerprint density at radius 3 is 2.43 bits per heavy atom. The van der Waals surface area contributed by atoms with Crippen LogP contribution in [0, 0.1) is 13.8 Å². The molecule has 2 N–H and O–H groups in total. The number of benzene rings is 2. The van der Waals surface area contributed by atoms with Gasteiger partial charge < -0.3 is 10.1 Å². The number of hydrogen-bond acceptors (Lipinski definition) is 6. The molecule has 0 unspecified atom stereocenters. The zero-order valence-corrected chi connectivity index (χ0v) is 18.7. The Balaban J connectivity index is 1.45. The van der Waals surface area contributed by atoms with Crippen molar-refractivity contribution in [2.45, 2.75) is 19.6 Å². The average molecular weight is 442 g/mol. The van der Waals surface area contributed by atoms with E-state index in [2.05, 4.69) is 15.6 Å². The molecule has 0 aliphatic heterocycles. The third-order valence-corrected chi connectivity index (χ3v) is 5.89. The van der Waals surface area contributed by atoms with Crippen molar-refractivity contribution in [1.82, 2.24) is 4.98 Å². The number of amides is 2. The lowest BCUT2D eigenvalue weighted by Gasteiger charge is -2.06. The van der Waals surface area contributed by atoms with Crippen LogP contribution >= 0.6 is 23.1 Å². The van der Waals surface area contributed by atoms with Gasteiger partial charge in [0.2, 0.25) is 5.91 Å². The Morgan fingerprint density at radius 1 is 1.07 bits per heavy atom. The number of aromatic nitrogens is 1. The van der Waals surface area contributed by atoms with Crippen molar-refractivity contribution in [3.8, 4) is 5.75 Å². The summed E-state index contributed by atoms with van der Waals surface area (Å²) in [6.07, 6.45) is 0. The largest absolute Gasteiger partial charge is 0.497 e. The van der Waals surface area contributed by atoms with Crippen LogP contribution in [-0.2, 0) is 10.5 Å². The highest BCUT2D eigenvalue weighted by atomic mass is 32.2. The molecule has 2 aromatic carbocycles. The van der Waals surface area contributed by atoms with Gasteiger partial charge in [0.05, 0.1) is 18.6 Å². The van der Waals surface area contributed by atoms with E-state index in [4.69, 9.17) is 4.74 Å². The standard InChI is InChI=1S/C22H23N3O3S2/c1-14-8-15(2)10-16(9-14)21(27)25-22-24-18(12-30-22)11-29-13-20(26)23-17-4-6-19(28-3)7-5-17/h4-10,12H,11,13H2,1-3H3,(H,23,26)(H,24,25,27). The first-order valence-electron chi connectivity index (χ1n) is 9.28. The topological polar surface area (TPSA) is 80.3 Å². The van der Waals surface area contributed by atoms with Crippen molar-refractivity contribution < 1.29 is 14.3 Å². The van der Waals surface area contributed by atoms with Gasteiger partial charge >= 0.3 is 0 Å². The van der Waals surface area contributed by atoms with Crippen molar-refractivity contribution in [3.05, 3.63) is 70.2 Å². The Hall–Kier alpha value is -2.84. The second-order valence-corrected chi connectivity index (χ2v) is 8.59. The van der Waals surface area contributed by atoms with Gasteiger partial charge in [-0.2, -0.15) is 0 Å². The fourth-order valence-electron chi connectivity index (χ4n) is 2.83. The fraction of sp³-hybridized carbons (Fsp3) is 0.227. The zero-order valence-electron chi connectivity index (χ0n) is 17.0. The molecule has 6 nitrogen and oxygen atoms in total. The summed E-state index contributed by atoms with van der Waals surface area (Å²) in [5, 5.41) is 8.14. The van der Waals surface area contributed by atoms with Crippen LogP contribution in [0.15, 0.2) is 47.8 Å². The van der Waals surface area contributed by atoms with Crippen LogP contribution in [0.25, 0.3) is 0 Å². The normalized spacial score (nSPS) is 10.5. The van der Waals surface area contributed by atoms with Crippen molar-refractivity contribution in [2.24, 2.45) is 0 Å². The van der Waals surface area contributed by atoms with E-state index in [1.165, 1.54) is 23.1 Å². The van der Waals surface area contributed by atoms with Gasteiger partial charge in [0.25, 0.3) is 5.91 Å². The summed E-state index contributed by atoms with van der Waals surface area (Å²) in [5.41, 5.74) is 4.27. The quantitative estimate of drug-likeness (QED) is 0.520. The van der Waals surface area contributed by atoms with E-state index in [1.54, 1.807) is 31.4 Å². The van der Waals surface area contributed by atoms with E-state index in [1.807, 2.05) is 37.4 Å². The van der Waals surface area contributed by atoms with Gasteiger partial charge in [-0.3, -0.25) is 14.9 Å². The van der Waals surface area contributed by atoms with Crippen LogP contribution in [-0.4, -0.2) is 29.7 Å². The molecular weight excluding hydrogens is 418 g/mol. The number of rotatable bonds is 8. The van der Waals surface area contributed by atoms with E-state index in [-0.39, 0.29) is 11.8 Å². The second-order valence-electron chi connectivity index (χ2n) is 6.74. The van der Waals surface area contributed by atoms with E-state index >= 15 is 0 Å². The summed E-state index contributed by atoms with van der Waals surface area (Å²) < 4.78 is 5.10. The molecule has 0 atom stereocenters. The smallest absolute Gasteiger partial charge is 0.257 e. The van der Waals surface area contributed by atoms with Gasteiger partial charge in [-0.1, -0.05) is 17.2 Å². The SMILES string of the molecule is COc1ccc(NC(=O)CSCc2csc(NC(=O)c3cc(C)cc(C)c3)n2)cc1. The first kappa shape index (κ1) is 21.9. The third-order valence-electron chi connectivity index (χ3n) is 4.11. The molecule has 1 heterocycles. The number of nitrogens with zero attached hydrogens (tertiary/aromatic N) is 1. The van der Waals surface area contributed by atoms with E-state index < -0.39 is 0 Å². The van der Waals surface area contributed by atoms with Gasteiger partial charge in [0, 0.05) is 22.4 Å². The highest BCUT2D eigenvalue weighted by molar-refractivity contribution is 7.99. The molecule has 0 aliphatic carbocycles.